The number of ether oxygens (including phenoxy) is 1. The molecule has 0 fully saturated rings. The molecular formula is C14H23N3O3. The first-order valence-electron chi connectivity index (χ1n) is 6.45. The van der Waals surface area contributed by atoms with E-state index in [1.807, 2.05) is 6.92 Å². The highest BCUT2D eigenvalue weighted by atomic mass is 16.6. The standard InChI is InChI=1S/C14H23N3O3/c1-10-8-15-17(7)11(10)14(5,9-18)16(6)12(19)20-13(2,3)4/h8-9H,1-7H3. The molecule has 6 nitrogen and oxygen atoms in total. The minimum absolute atomic E-state index is 0.548. The summed E-state index contributed by atoms with van der Waals surface area (Å²) in [5, 5.41) is 4.13. The third-order valence-corrected chi connectivity index (χ3v) is 3.19. The van der Waals surface area contributed by atoms with E-state index in [1.165, 1.54) is 4.90 Å². The number of aromatic nitrogens is 2. The van der Waals surface area contributed by atoms with Crippen LogP contribution < -0.4 is 0 Å². The van der Waals surface area contributed by atoms with E-state index in [9.17, 15) is 9.59 Å². The van der Waals surface area contributed by atoms with Crippen molar-refractivity contribution in [1.82, 2.24) is 14.7 Å². The maximum atomic E-state index is 12.2. The van der Waals surface area contributed by atoms with Crippen molar-refractivity contribution in [2.75, 3.05) is 7.05 Å². The zero-order chi connectivity index (χ0) is 15.7. The van der Waals surface area contributed by atoms with Crippen LogP contribution in [0.3, 0.4) is 0 Å². The molecule has 1 amide bonds. The third kappa shape index (κ3) is 3.00. The fourth-order valence-corrected chi connectivity index (χ4v) is 2.09. The Morgan fingerprint density at radius 3 is 2.30 bits per heavy atom. The van der Waals surface area contributed by atoms with Crippen LogP contribution in [-0.4, -0.2) is 39.7 Å². The Morgan fingerprint density at radius 2 is 1.95 bits per heavy atom. The summed E-state index contributed by atoms with van der Waals surface area (Å²) in [7, 11) is 3.29. The first kappa shape index (κ1) is 16.2. The first-order chi connectivity index (χ1) is 9.03. The van der Waals surface area contributed by atoms with Crippen LogP contribution in [0.25, 0.3) is 0 Å². The van der Waals surface area contributed by atoms with Crippen molar-refractivity contribution in [3.05, 3.63) is 17.5 Å². The van der Waals surface area contributed by atoms with Gasteiger partial charge in [0.1, 0.15) is 11.1 Å². The minimum Gasteiger partial charge on any atom is -0.444 e. The van der Waals surface area contributed by atoms with Crippen LogP contribution in [0, 0.1) is 6.92 Å². The summed E-state index contributed by atoms with van der Waals surface area (Å²) in [6.07, 6.45) is 1.86. The molecule has 0 N–H and O–H groups in total. The molecule has 0 aliphatic carbocycles. The lowest BCUT2D eigenvalue weighted by Gasteiger charge is -2.35. The molecule has 20 heavy (non-hydrogen) atoms. The van der Waals surface area contributed by atoms with Gasteiger partial charge >= 0.3 is 6.09 Å². The molecule has 1 heterocycles. The van der Waals surface area contributed by atoms with E-state index < -0.39 is 17.2 Å². The Bertz CT molecular complexity index is 497. The molecule has 1 aromatic heterocycles. The number of carbonyl (C=O) groups is 2. The first-order valence-corrected chi connectivity index (χ1v) is 6.45. The monoisotopic (exact) mass is 281 g/mol. The van der Waals surface area contributed by atoms with Gasteiger partial charge in [0.2, 0.25) is 0 Å². The zero-order valence-corrected chi connectivity index (χ0v) is 13.2. The van der Waals surface area contributed by atoms with Crippen LogP contribution in [0.1, 0.15) is 39.0 Å². The molecule has 6 heteroatoms. The normalized spacial score (nSPS) is 14.6. The lowest BCUT2D eigenvalue weighted by atomic mass is 9.95. The van der Waals surface area contributed by atoms with Gasteiger partial charge in [0.25, 0.3) is 0 Å². The molecule has 1 aromatic rings. The van der Waals surface area contributed by atoms with E-state index in [0.717, 1.165) is 11.8 Å². The smallest absolute Gasteiger partial charge is 0.411 e. The van der Waals surface area contributed by atoms with E-state index in [2.05, 4.69) is 5.10 Å². The molecule has 0 radical (unpaired) electrons. The van der Waals surface area contributed by atoms with E-state index in [0.29, 0.717) is 5.69 Å². The van der Waals surface area contributed by atoms with Gasteiger partial charge < -0.3 is 9.53 Å². The number of rotatable bonds is 3. The summed E-state index contributed by atoms with van der Waals surface area (Å²) in [6, 6.07) is 0. The van der Waals surface area contributed by atoms with Gasteiger partial charge in [-0.3, -0.25) is 9.58 Å². The van der Waals surface area contributed by atoms with E-state index in [1.54, 1.807) is 52.7 Å². The highest BCUT2D eigenvalue weighted by Crippen LogP contribution is 2.28. The van der Waals surface area contributed by atoms with E-state index >= 15 is 0 Å². The van der Waals surface area contributed by atoms with Gasteiger partial charge in [0, 0.05) is 14.1 Å². The van der Waals surface area contributed by atoms with Crippen LogP contribution in [0.2, 0.25) is 0 Å². The highest BCUT2D eigenvalue weighted by molar-refractivity contribution is 5.77. The van der Waals surface area contributed by atoms with Crippen molar-refractivity contribution in [3.8, 4) is 0 Å². The second-order valence-corrected chi connectivity index (χ2v) is 6.10. The SMILES string of the molecule is Cc1cnn(C)c1C(C)(C=O)N(C)C(=O)OC(C)(C)C. The van der Waals surface area contributed by atoms with Gasteiger partial charge in [-0.25, -0.2) is 4.79 Å². The lowest BCUT2D eigenvalue weighted by molar-refractivity contribution is -0.118. The largest absolute Gasteiger partial charge is 0.444 e. The predicted octanol–water partition coefficient (Wildman–Crippen LogP) is 2.01. The Labute approximate surface area is 119 Å². The number of amides is 1. The Morgan fingerprint density at radius 1 is 1.40 bits per heavy atom. The summed E-state index contributed by atoms with van der Waals surface area (Å²) in [5.41, 5.74) is -0.229. The van der Waals surface area contributed by atoms with Gasteiger partial charge in [-0.05, 0) is 40.2 Å². The highest BCUT2D eigenvalue weighted by Gasteiger charge is 2.40. The molecule has 0 saturated heterocycles. The topological polar surface area (TPSA) is 64.4 Å². The van der Waals surface area contributed by atoms with Gasteiger partial charge in [-0.1, -0.05) is 0 Å². The van der Waals surface area contributed by atoms with Crippen molar-refractivity contribution < 1.29 is 14.3 Å². The molecule has 0 saturated carbocycles. The number of nitrogens with zero attached hydrogens (tertiary/aromatic N) is 3. The number of aldehydes is 1. The van der Waals surface area contributed by atoms with Gasteiger partial charge in [-0.15, -0.1) is 0 Å². The Hall–Kier alpha value is -1.85. The fraction of sp³-hybridized carbons (Fsp3) is 0.643. The van der Waals surface area contributed by atoms with Crippen LogP contribution in [0.4, 0.5) is 4.79 Å². The summed E-state index contributed by atoms with van der Waals surface area (Å²) in [4.78, 5) is 25.1. The average Bonchev–Trinajstić information content (AvgIpc) is 2.65. The molecule has 0 aliphatic rings. The second-order valence-electron chi connectivity index (χ2n) is 6.10. The maximum absolute atomic E-state index is 12.2. The van der Waals surface area contributed by atoms with Crippen molar-refractivity contribution in [2.24, 2.45) is 7.05 Å². The molecule has 0 aromatic carbocycles. The fourth-order valence-electron chi connectivity index (χ4n) is 2.09. The summed E-state index contributed by atoms with van der Waals surface area (Å²) >= 11 is 0. The summed E-state index contributed by atoms with van der Waals surface area (Å²) in [5.74, 6) is 0. The minimum atomic E-state index is -1.13. The van der Waals surface area contributed by atoms with E-state index in [4.69, 9.17) is 4.74 Å². The number of hydrogen-bond donors (Lipinski definition) is 0. The molecule has 0 spiro atoms. The van der Waals surface area contributed by atoms with Crippen molar-refractivity contribution in [2.45, 2.75) is 45.8 Å². The van der Waals surface area contributed by atoms with Crippen LogP contribution in [-0.2, 0) is 22.1 Å². The summed E-state index contributed by atoms with van der Waals surface area (Å²) in [6.45, 7) is 8.88. The second kappa shape index (κ2) is 5.26. The Balaban J connectivity index is 3.18. The number of hydrogen-bond acceptors (Lipinski definition) is 4. The number of likely N-dealkylation sites (N-methyl/N-ethyl adjacent to an activating group) is 1. The molecule has 1 rings (SSSR count). The quantitative estimate of drug-likeness (QED) is 0.795. The molecule has 1 atom stereocenters. The third-order valence-electron chi connectivity index (χ3n) is 3.19. The molecule has 0 bridgehead atoms. The van der Waals surface area contributed by atoms with Crippen LogP contribution in [0.15, 0.2) is 6.20 Å². The van der Waals surface area contributed by atoms with Crippen molar-refractivity contribution in [1.29, 1.82) is 0 Å². The van der Waals surface area contributed by atoms with Crippen molar-refractivity contribution in [3.63, 3.8) is 0 Å². The van der Waals surface area contributed by atoms with Crippen molar-refractivity contribution >= 4 is 12.4 Å². The lowest BCUT2D eigenvalue weighted by Crippen LogP contribution is -2.49. The van der Waals surface area contributed by atoms with Gasteiger partial charge in [-0.2, -0.15) is 5.10 Å². The Kier molecular flexibility index (Phi) is 4.27. The van der Waals surface area contributed by atoms with Crippen LogP contribution >= 0.6 is 0 Å². The molecule has 112 valence electrons. The van der Waals surface area contributed by atoms with Gasteiger partial charge in [0.05, 0.1) is 11.9 Å². The number of carbonyl (C=O) groups excluding carboxylic acids is 2. The van der Waals surface area contributed by atoms with Gasteiger partial charge in [0.15, 0.2) is 6.29 Å². The molecular weight excluding hydrogens is 258 g/mol. The maximum Gasteiger partial charge on any atom is 0.411 e. The molecule has 0 aliphatic heterocycles. The predicted molar refractivity (Wildman–Crippen MR) is 75.4 cm³/mol. The number of aryl methyl sites for hydroxylation is 2. The van der Waals surface area contributed by atoms with E-state index in [-0.39, 0.29) is 0 Å². The summed E-state index contributed by atoms with van der Waals surface area (Å²) < 4.78 is 6.93. The average molecular weight is 281 g/mol. The molecule has 1 unspecified atom stereocenters. The zero-order valence-electron chi connectivity index (χ0n) is 13.2. The van der Waals surface area contributed by atoms with Crippen LogP contribution in [0.5, 0.6) is 0 Å².